The maximum absolute atomic E-state index is 12.5. The van der Waals surface area contributed by atoms with Gasteiger partial charge in [0.1, 0.15) is 5.75 Å². The number of hydrogen-bond donors (Lipinski definition) is 1. The highest BCUT2D eigenvalue weighted by molar-refractivity contribution is 7.81. The van der Waals surface area contributed by atoms with E-state index in [9.17, 15) is 17.1 Å². The molecule has 1 fully saturated rings. The van der Waals surface area contributed by atoms with Crippen LogP contribution in [0.15, 0.2) is 36.8 Å². The van der Waals surface area contributed by atoms with Crippen LogP contribution in [0, 0.1) is 0 Å². The van der Waals surface area contributed by atoms with E-state index < -0.39 is 10.5 Å². The van der Waals surface area contributed by atoms with Crippen molar-refractivity contribution in [3.63, 3.8) is 0 Å². The molecular formula is C16H19FN4O4S. The van der Waals surface area contributed by atoms with E-state index in [1.165, 1.54) is 30.0 Å². The number of benzene rings is 1. The first-order valence-corrected chi connectivity index (χ1v) is 9.39. The number of imidazole rings is 1. The third-order valence-corrected chi connectivity index (χ3v) is 4.75. The average molecular weight is 382 g/mol. The molecule has 1 saturated heterocycles. The van der Waals surface area contributed by atoms with Crippen molar-refractivity contribution in [1.29, 1.82) is 0 Å². The number of aromatic nitrogens is 2. The van der Waals surface area contributed by atoms with Gasteiger partial charge in [0, 0.05) is 43.6 Å². The number of hydrogen-bond acceptors (Lipinski definition) is 5. The summed E-state index contributed by atoms with van der Waals surface area (Å²) in [6.45, 7) is 1.26. The van der Waals surface area contributed by atoms with E-state index in [1.807, 2.05) is 17.8 Å². The Labute approximate surface area is 151 Å². The zero-order valence-electron chi connectivity index (χ0n) is 14.1. The van der Waals surface area contributed by atoms with E-state index in [0.717, 1.165) is 12.8 Å². The second-order valence-electron chi connectivity index (χ2n) is 6.12. The molecule has 2 aromatic rings. The van der Waals surface area contributed by atoms with Crippen LogP contribution in [0.3, 0.4) is 0 Å². The van der Waals surface area contributed by atoms with Gasteiger partial charge in [-0.05, 0) is 37.1 Å². The molecule has 0 spiro atoms. The number of halogens is 1. The first-order valence-electron chi connectivity index (χ1n) is 8.08. The molecule has 140 valence electrons. The van der Waals surface area contributed by atoms with Crippen molar-refractivity contribution in [3.05, 3.63) is 42.5 Å². The lowest BCUT2D eigenvalue weighted by molar-refractivity contribution is 0.193. The molecule has 2 heterocycles. The van der Waals surface area contributed by atoms with Crippen molar-refractivity contribution in [1.82, 2.24) is 14.5 Å². The van der Waals surface area contributed by atoms with Gasteiger partial charge in [0.15, 0.2) is 0 Å². The first-order chi connectivity index (χ1) is 12.3. The second-order valence-corrected chi connectivity index (χ2v) is 7.07. The third kappa shape index (κ3) is 4.51. The Morgan fingerprint density at radius 2 is 1.92 bits per heavy atom. The Bertz CT molecular complexity index is 874. The van der Waals surface area contributed by atoms with E-state index in [-0.39, 0.29) is 11.8 Å². The smallest absolute Gasteiger partial charge is 0.358 e. The highest BCUT2D eigenvalue weighted by Gasteiger charge is 2.25. The quantitative estimate of drug-likeness (QED) is 0.820. The van der Waals surface area contributed by atoms with Gasteiger partial charge in [-0.15, -0.1) is 0 Å². The molecule has 8 nitrogen and oxygen atoms in total. The van der Waals surface area contributed by atoms with Crippen molar-refractivity contribution in [2.24, 2.45) is 7.05 Å². The van der Waals surface area contributed by atoms with Crippen molar-refractivity contribution in [2.45, 2.75) is 18.8 Å². The van der Waals surface area contributed by atoms with Gasteiger partial charge in [0.25, 0.3) is 0 Å². The van der Waals surface area contributed by atoms with Crippen LogP contribution < -0.4 is 9.50 Å². The molecule has 26 heavy (non-hydrogen) atoms. The molecule has 0 atom stereocenters. The Hall–Kier alpha value is -2.62. The lowest BCUT2D eigenvalue weighted by Gasteiger charge is -2.32. The van der Waals surface area contributed by atoms with Crippen LogP contribution in [-0.4, -0.2) is 42.0 Å². The summed E-state index contributed by atoms with van der Waals surface area (Å²) >= 11 is 0. The monoisotopic (exact) mass is 382 g/mol. The number of aryl methyl sites for hydroxylation is 1. The van der Waals surface area contributed by atoms with Gasteiger partial charge in [0.05, 0.1) is 6.33 Å². The molecule has 0 aliphatic carbocycles. The van der Waals surface area contributed by atoms with Gasteiger partial charge in [-0.1, -0.05) is 3.89 Å². The van der Waals surface area contributed by atoms with Gasteiger partial charge < -0.3 is 19.0 Å². The Morgan fingerprint density at radius 3 is 2.46 bits per heavy atom. The van der Waals surface area contributed by atoms with Crippen LogP contribution in [0.1, 0.15) is 24.5 Å². The van der Waals surface area contributed by atoms with Gasteiger partial charge >= 0.3 is 16.5 Å². The summed E-state index contributed by atoms with van der Waals surface area (Å²) in [6, 6.07) is 5.19. The molecule has 0 radical (unpaired) electrons. The van der Waals surface area contributed by atoms with Crippen LogP contribution in [0.2, 0.25) is 0 Å². The maximum atomic E-state index is 12.5. The first kappa shape index (κ1) is 18.2. The number of piperidine rings is 1. The zero-order valence-corrected chi connectivity index (χ0v) is 14.9. The van der Waals surface area contributed by atoms with Gasteiger partial charge in [-0.2, -0.15) is 8.42 Å². The normalized spacial score (nSPS) is 15.7. The minimum absolute atomic E-state index is 0.164. The third-order valence-electron chi connectivity index (χ3n) is 4.36. The molecule has 1 aromatic carbocycles. The summed E-state index contributed by atoms with van der Waals surface area (Å²) in [6.07, 6.45) is 5.35. The molecule has 1 N–H and O–H groups in total. The summed E-state index contributed by atoms with van der Waals surface area (Å²) < 4.78 is 39.4. The van der Waals surface area contributed by atoms with E-state index in [4.69, 9.17) is 0 Å². The SMILES string of the molecule is Cn1cncc1C1CCN(C(=O)Nc2ccc(OS(=O)(=O)F)cc2)CC1. The molecule has 1 aliphatic heterocycles. The van der Waals surface area contributed by atoms with Crippen molar-refractivity contribution in [2.75, 3.05) is 18.4 Å². The van der Waals surface area contributed by atoms with Crippen molar-refractivity contribution in [3.8, 4) is 5.75 Å². The molecule has 10 heteroatoms. The molecule has 0 bridgehead atoms. The molecular weight excluding hydrogens is 363 g/mol. The number of urea groups is 1. The molecule has 2 amide bonds. The number of nitrogens with zero attached hydrogens (tertiary/aromatic N) is 3. The summed E-state index contributed by atoms with van der Waals surface area (Å²) in [7, 11) is -3.10. The number of carbonyl (C=O) groups excluding carboxylic acids is 1. The van der Waals surface area contributed by atoms with Crippen LogP contribution in [-0.2, 0) is 17.6 Å². The van der Waals surface area contributed by atoms with Crippen LogP contribution in [0.25, 0.3) is 0 Å². The Morgan fingerprint density at radius 1 is 1.27 bits per heavy atom. The summed E-state index contributed by atoms with van der Waals surface area (Å²) in [4.78, 5) is 18.2. The highest BCUT2D eigenvalue weighted by atomic mass is 32.3. The molecule has 0 unspecified atom stereocenters. The van der Waals surface area contributed by atoms with Gasteiger partial charge in [-0.25, -0.2) is 9.78 Å². The lowest BCUT2D eigenvalue weighted by Crippen LogP contribution is -2.40. The molecule has 0 saturated carbocycles. The highest BCUT2D eigenvalue weighted by Crippen LogP contribution is 2.27. The van der Waals surface area contributed by atoms with Crippen molar-refractivity contribution < 1.29 is 21.3 Å². The number of amides is 2. The van der Waals surface area contributed by atoms with E-state index >= 15 is 0 Å². The van der Waals surface area contributed by atoms with Gasteiger partial charge in [-0.3, -0.25) is 0 Å². The summed E-state index contributed by atoms with van der Waals surface area (Å²) in [5.41, 5.74) is 1.64. The predicted molar refractivity (Wildman–Crippen MR) is 92.9 cm³/mol. The number of likely N-dealkylation sites (tertiary alicyclic amines) is 1. The fraction of sp³-hybridized carbons (Fsp3) is 0.375. The topological polar surface area (TPSA) is 93.5 Å². The van der Waals surface area contributed by atoms with E-state index in [2.05, 4.69) is 14.5 Å². The molecule has 1 aromatic heterocycles. The summed E-state index contributed by atoms with van der Waals surface area (Å²) in [5.74, 6) is 0.216. The van der Waals surface area contributed by atoms with Crippen molar-refractivity contribution >= 4 is 22.2 Å². The van der Waals surface area contributed by atoms with Crippen LogP contribution in [0.4, 0.5) is 14.4 Å². The minimum atomic E-state index is -5.06. The standard InChI is InChI=1S/C16H19FN4O4S/c1-20-11-18-10-15(20)12-6-8-21(9-7-12)16(22)19-13-2-4-14(5-3-13)25-26(17,23)24/h2-5,10-12H,6-9H2,1H3,(H,19,22). The predicted octanol–water partition coefficient (Wildman–Crippen LogP) is 2.42. The molecule has 3 rings (SSSR count). The van der Waals surface area contributed by atoms with Crippen LogP contribution in [0.5, 0.6) is 5.75 Å². The number of nitrogens with one attached hydrogen (secondary N) is 1. The largest absolute Gasteiger partial charge is 0.488 e. The number of carbonyl (C=O) groups is 1. The minimum Gasteiger partial charge on any atom is -0.358 e. The summed E-state index contributed by atoms with van der Waals surface area (Å²) in [5, 5.41) is 2.73. The Kier molecular flexibility index (Phi) is 5.12. The Balaban J connectivity index is 1.53. The molecule has 1 aliphatic rings. The number of anilines is 1. The lowest BCUT2D eigenvalue weighted by atomic mass is 9.94. The number of rotatable bonds is 4. The van der Waals surface area contributed by atoms with Crippen LogP contribution >= 0.6 is 0 Å². The fourth-order valence-electron chi connectivity index (χ4n) is 3.05. The zero-order chi connectivity index (χ0) is 18.7. The maximum Gasteiger partial charge on any atom is 0.488 e. The van der Waals surface area contributed by atoms with E-state index in [0.29, 0.717) is 24.7 Å². The fourth-order valence-corrected chi connectivity index (χ4v) is 3.39. The average Bonchev–Trinajstić information content (AvgIpc) is 3.01. The second kappa shape index (κ2) is 7.32. The van der Waals surface area contributed by atoms with Gasteiger partial charge in [0.2, 0.25) is 0 Å². The van der Waals surface area contributed by atoms with E-state index in [1.54, 1.807) is 11.2 Å².